The number of hydrogen-bond acceptors (Lipinski definition) is 2. The van der Waals surface area contributed by atoms with Gasteiger partial charge in [0.05, 0.1) is 6.10 Å². The van der Waals surface area contributed by atoms with Crippen molar-refractivity contribution in [2.24, 2.45) is 5.73 Å². The molecule has 0 saturated heterocycles. The maximum Gasteiger partial charge on any atom is 0.132 e. The van der Waals surface area contributed by atoms with E-state index in [2.05, 4.69) is 0 Å². The average Bonchev–Trinajstić information content (AvgIpc) is 2.12. The molecule has 0 saturated carbocycles. The first kappa shape index (κ1) is 10.2. The van der Waals surface area contributed by atoms with Crippen molar-refractivity contribution in [1.82, 2.24) is 0 Å². The smallest absolute Gasteiger partial charge is 0.132 e. The van der Waals surface area contributed by atoms with Crippen LogP contribution in [-0.4, -0.2) is 11.7 Å². The van der Waals surface area contributed by atoms with Crippen LogP contribution in [0.25, 0.3) is 0 Å². The fourth-order valence-corrected chi connectivity index (χ4v) is 1.33. The van der Waals surface area contributed by atoms with E-state index in [1.54, 1.807) is 26.0 Å². The molecule has 0 amide bonds. The molecule has 1 unspecified atom stereocenters. The Kier molecular flexibility index (Phi) is 3.01. The normalized spacial score (nSPS) is 13.0. The summed E-state index contributed by atoms with van der Waals surface area (Å²) in [6, 6.07) is 3.48. The summed E-state index contributed by atoms with van der Waals surface area (Å²) in [5.74, 6) is -0.349. The van der Waals surface area contributed by atoms with E-state index in [0.29, 0.717) is 11.1 Å². The van der Waals surface area contributed by atoms with Crippen molar-refractivity contribution in [2.75, 3.05) is 6.54 Å². The molecule has 3 N–H and O–H groups in total. The summed E-state index contributed by atoms with van der Waals surface area (Å²) in [5, 5.41) is 9.45. The maximum absolute atomic E-state index is 13.5. The summed E-state index contributed by atoms with van der Waals surface area (Å²) in [6.07, 6.45) is -0.903. The van der Waals surface area contributed by atoms with Gasteiger partial charge in [-0.25, -0.2) is 4.39 Å². The maximum atomic E-state index is 13.5. The zero-order valence-electron chi connectivity index (χ0n) is 7.84. The molecule has 0 aromatic heterocycles. The Bertz CT molecular complexity index is 312. The Morgan fingerprint density at radius 2 is 1.92 bits per heavy atom. The first-order valence-electron chi connectivity index (χ1n) is 4.21. The van der Waals surface area contributed by atoms with E-state index >= 15 is 0 Å². The van der Waals surface area contributed by atoms with Gasteiger partial charge < -0.3 is 10.8 Å². The second-order valence-corrected chi connectivity index (χ2v) is 3.18. The minimum atomic E-state index is -0.903. The molecule has 2 nitrogen and oxygen atoms in total. The van der Waals surface area contributed by atoms with Crippen LogP contribution in [0.3, 0.4) is 0 Å². The lowest BCUT2D eigenvalue weighted by Crippen LogP contribution is -2.15. The predicted octanol–water partition coefficient (Wildman–Crippen LogP) is 1.43. The Balaban J connectivity index is 3.25. The second kappa shape index (κ2) is 3.85. The third kappa shape index (κ3) is 1.87. The molecule has 1 aromatic carbocycles. The molecule has 0 fully saturated rings. The predicted molar refractivity (Wildman–Crippen MR) is 49.9 cm³/mol. The zero-order valence-corrected chi connectivity index (χ0v) is 7.84. The Morgan fingerprint density at radius 1 is 1.38 bits per heavy atom. The van der Waals surface area contributed by atoms with E-state index in [1.807, 2.05) is 0 Å². The largest absolute Gasteiger partial charge is 0.387 e. The number of nitrogens with two attached hydrogens (primary N) is 1. The van der Waals surface area contributed by atoms with Crippen molar-refractivity contribution in [3.05, 3.63) is 34.6 Å². The Labute approximate surface area is 77.2 Å². The first-order valence-corrected chi connectivity index (χ1v) is 4.21. The van der Waals surface area contributed by atoms with E-state index in [1.165, 1.54) is 0 Å². The van der Waals surface area contributed by atoms with Crippen LogP contribution in [0.2, 0.25) is 0 Å². The molecule has 0 bridgehead atoms. The standard InChI is InChI=1S/C10H14FNO/c1-6-3-4-7(2)10(11)9(6)8(13)5-12/h3-4,8,13H,5,12H2,1-2H3. The van der Waals surface area contributed by atoms with Crippen molar-refractivity contribution in [1.29, 1.82) is 0 Å². The quantitative estimate of drug-likeness (QED) is 0.728. The summed E-state index contributed by atoms with van der Waals surface area (Å²) in [5.41, 5.74) is 6.87. The lowest BCUT2D eigenvalue weighted by Gasteiger charge is -2.13. The molecule has 1 aromatic rings. The fourth-order valence-electron chi connectivity index (χ4n) is 1.33. The molecule has 72 valence electrons. The third-order valence-electron chi connectivity index (χ3n) is 2.15. The van der Waals surface area contributed by atoms with Gasteiger partial charge in [-0.3, -0.25) is 0 Å². The van der Waals surface area contributed by atoms with Crippen LogP contribution in [-0.2, 0) is 0 Å². The van der Waals surface area contributed by atoms with E-state index < -0.39 is 6.10 Å². The van der Waals surface area contributed by atoms with Crippen LogP contribution in [0.1, 0.15) is 22.8 Å². The van der Waals surface area contributed by atoms with Crippen LogP contribution in [0.15, 0.2) is 12.1 Å². The molecule has 0 radical (unpaired) electrons. The highest BCUT2D eigenvalue weighted by atomic mass is 19.1. The van der Waals surface area contributed by atoms with E-state index in [9.17, 15) is 9.50 Å². The van der Waals surface area contributed by atoms with Gasteiger partial charge in [0.25, 0.3) is 0 Å². The van der Waals surface area contributed by atoms with Crippen molar-refractivity contribution in [3.8, 4) is 0 Å². The number of aryl methyl sites for hydroxylation is 2. The van der Waals surface area contributed by atoms with Crippen LogP contribution in [0.4, 0.5) is 4.39 Å². The van der Waals surface area contributed by atoms with Crippen LogP contribution in [0.5, 0.6) is 0 Å². The Morgan fingerprint density at radius 3 is 2.46 bits per heavy atom. The number of halogens is 1. The summed E-state index contributed by atoms with van der Waals surface area (Å²) < 4.78 is 13.5. The summed E-state index contributed by atoms with van der Waals surface area (Å²) in [6.45, 7) is 3.47. The van der Waals surface area contributed by atoms with Gasteiger partial charge in [-0.05, 0) is 25.0 Å². The molecule has 0 spiro atoms. The van der Waals surface area contributed by atoms with Crippen LogP contribution in [0, 0.1) is 19.7 Å². The molecule has 1 rings (SSSR count). The number of benzene rings is 1. The van der Waals surface area contributed by atoms with Gasteiger partial charge in [0, 0.05) is 12.1 Å². The van der Waals surface area contributed by atoms with Gasteiger partial charge in [-0.1, -0.05) is 12.1 Å². The molecular weight excluding hydrogens is 169 g/mol. The van der Waals surface area contributed by atoms with Gasteiger partial charge in [-0.15, -0.1) is 0 Å². The highest BCUT2D eigenvalue weighted by molar-refractivity contribution is 5.34. The molecule has 0 heterocycles. The number of aliphatic hydroxyl groups excluding tert-OH is 1. The fraction of sp³-hybridized carbons (Fsp3) is 0.400. The van der Waals surface area contributed by atoms with E-state index in [-0.39, 0.29) is 12.4 Å². The molecule has 13 heavy (non-hydrogen) atoms. The highest BCUT2D eigenvalue weighted by Crippen LogP contribution is 2.22. The van der Waals surface area contributed by atoms with Crippen LogP contribution >= 0.6 is 0 Å². The number of hydrogen-bond donors (Lipinski definition) is 2. The molecular formula is C10H14FNO. The summed E-state index contributed by atoms with van der Waals surface area (Å²) >= 11 is 0. The van der Waals surface area contributed by atoms with E-state index in [4.69, 9.17) is 5.73 Å². The van der Waals surface area contributed by atoms with Gasteiger partial charge >= 0.3 is 0 Å². The molecule has 0 aliphatic carbocycles. The summed E-state index contributed by atoms with van der Waals surface area (Å²) in [7, 11) is 0. The van der Waals surface area contributed by atoms with Gasteiger partial charge in [0.2, 0.25) is 0 Å². The molecule has 1 atom stereocenters. The molecule has 0 aliphatic heterocycles. The van der Waals surface area contributed by atoms with Crippen molar-refractivity contribution < 1.29 is 9.50 Å². The monoisotopic (exact) mass is 183 g/mol. The lowest BCUT2D eigenvalue weighted by atomic mass is 10.00. The number of aliphatic hydroxyl groups is 1. The first-order chi connectivity index (χ1) is 6.07. The third-order valence-corrected chi connectivity index (χ3v) is 2.15. The van der Waals surface area contributed by atoms with Crippen LogP contribution < -0.4 is 5.73 Å². The zero-order chi connectivity index (χ0) is 10.0. The van der Waals surface area contributed by atoms with Crippen molar-refractivity contribution in [3.63, 3.8) is 0 Å². The molecule has 0 aliphatic rings. The number of rotatable bonds is 2. The second-order valence-electron chi connectivity index (χ2n) is 3.18. The van der Waals surface area contributed by atoms with Gasteiger partial charge in [-0.2, -0.15) is 0 Å². The van der Waals surface area contributed by atoms with Crippen molar-refractivity contribution >= 4 is 0 Å². The minimum Gasteiger partial charge on any atom is -0.387 e. The van der Waals surface area contributed by atoms with Crippen molar-refractivity contribution in [2.45, 2.75) is 20.0 Å². The SMILES string of the molecule is Cc1ccc(C)c(C(O)CN)c1F. The average molecular weight is 183 g/mol. The lowest BCUT2D eigenvalue weighted by molar-refractivity contribution is 0.181. The minimum absolute atomic E-state index is 0.0429. The Hall–Kier alpha value is -0.930. The summed E-state index contributed by atoms with van der Waals surface area (Å²) in [4.78, 5) is 0. The van der Waals surface area contributed by atoms with Gasteiger partial charge in [0.15, 0.2) is 0 Å². The molecule has 3 heteroatoms. The van der Waals surface area contributed by atoms with E-state index in [0.717, 1.165) is 5.56 Å². The van der Waals surface area contributed by atoms with Gasteiger partial charge in [0.1, 0.15) is 5.82 Å². The highest BCUT2D eigenvalue weighted by Gasteiger charge is 2.15. The topological polar surface area (TPSA) is 46.2 Å².